The number of hydrogen-bond donors (Lipinski definition) is 0. The minimum Gasteiger partial charge on any atom is -0.310 e. The third kappa shape index (κ3) is 6.60. The molecule has 0 aliphatic carbocycles. The number of fused-ring (bicyclic) bond motifs is 4. The van der Waals surface area contributed by atoms with Gasteiger partial charge in [-0.3, -0.25) is 9.80 Å². The van der Waals surface area contributed by atoms with Gasteiger partial charge in [0.15, 0.2) is 0 Å². The Bertz CT molecular complexity index is 2670. The summed E-state index contributed by atoms with van der Waals surface area (Å²) < 4.78 is 0. The maximum absolute atomic E-state index is 5.55. The van der Waals surface area contributed by atoms with Gasteiger partial charge in [-0.05, 0) is 113 Å². The molecule has 0 spiro atoms. The minimum absolute atomic E-state index is 0.0506. The number of pyridine rings is 2. The smallest absolute Gasteiger partial charge is 0.251 e. The second-order valence-electron chi connectivity index (χ2n) is 14.7. The number of nitrogens with zero attached hydrogens (tertiary/aromatic N) is 5. The number of para-hydroxylation sites is 6. The van der Waals surface area contributed by atoms with Gasteiger partial charge in [-0.15, -0.1) is 0 Å². The summed E-state index contributed by atoms with van der Waals surface area (Å²) in [5.41, 5.74) is 11.2. The standard InChI is InChI=1S/C52H36BN5S2/c1-7-19-37(20-8-1)56(38-21-9-2-10-22-38)43-33-47-51-48(34-43)60-52-44(31-32-49(55-52)57(39-23-11-3-12-24-39)40-25-13-4-14-26-40)53(51)45-36-54-50(35-46(45)59-47)58(41-27-15-5-16-28-41)42-29-17-6-18-30-42/h1-36H. The Morgan fingerprint density at radius 2 is 0.767 bits per heavy atom. The van der Waals surface area contributed by atoms with Crippen molar-refractivity contribution in [2.45, 2.75) is 19.7 Å². The molecule has 0 unspecified atom stereocenters. The maximum atomic E-state index is 5.55. The van der Waals surface area contributed by atoms with E-state index in [1.54, 1.807) is 11.8 Å². The molecule has 0 N–H and O–H groups in total. The zero-order chi connectivity index (χ0) is 39.8. The third-order valence-electron chi connectivity index (χ3n) is 11.0. The van der Waals surface area contributed by atoms with Crippen molar-refractivity contribution < 1.29 is 0 Å². The number of anilines is 9. The summed E-state index contributed by atoms with van der Waals surface area (Å²) in [6.07, 6.45) is 2.11. The molecule has 9 aromatic rings. The fraction of sp³-hybridized carbons (Fsp3) is 0. The van der Waals surface area contributed by atoms with Crippen LogP contribution in [0.4, 0.5) is 51.4 Å². The van der Waals surface area contributed by atoms with E-state index in [4.69, 9.17) is 9.97 Å². The summed E-state index contributed by atoms with van der Waals surface area (Å²) in [6.45, 7) is -0.0506. The van der Waals surface area contributed by atoms with Crippen LogP contribution in [0, 0.1) is 0 Å². The van der Waals surface area contributed by atoms with Gasteiger partial charge in [0.2, 0.25) is 0 Å². The van der Waals surface area contributed by atoms with Crippen molar-refractivity contribution in [2.24, 2.45) is 0 Å². The SMILES string of the molecule is c1ccc(N(c2ccccc2)c2cc3c4c(c2)Sc2nc(N(c5ccccc5)c5ccccc5)ccc2B4c2cnc(N(c4ccccc4)c4ccccc4)cc2S3)cc1. The normalized spacial score (nSPS) is 12.2. The first-order chi connectivity index (χ1) is 29.8. The number of rotatable bonds is 9. The van der Waals surface area contributed by atoms with Gasteiger partial charge in [0, 0.05) is 60.7 Å². The summed E-state index contributed by atoms with van der Waals surface area (Å²) in [5, 5.41) is 0.994. The van der Waals surface area contributed by atoms with E-state index >= 15 is 0 Å². The first-order valence-corrected chi connectivity index (χ1v) is 21.7. The molecule has 2 aliphatic heterocycles. The topological polar surface area (TPSA) is 35.5 Å². The van der Waals surface area contributed by atoms with E-state index in [0.29, 0.717) is 0 Å². The molecule has 5 nitrogen and oxygen atoms in total. The van der Waals surface area contributed by atoms with Crippen LogP contribution < -0.4 is 31.1 Å². The van der Waals surface area contributed by atoms with Gasteiger partial charge in [0.1, 0.15) is 11.6 Å². The number of hydrogen-bond acceptors (Lipinski definition) is 7. The highest BCUT2D eigenvalue weighted by Crippen LogP contribution is 2.45. The lowest BCUT2D eigenvalue weighted by molar-refractivity contribution is 1.09. The summed E-state index contributed by atoms with van der Waals surface area (Å²) in [6, 6.07) is 74.8. The highest BCUT2D eigenvalue weighted by molar-refractivity contribution is 8.01. The van der Waals surface area contributed by atoms with Crippen molar-refractivity contribution in [1.82, 2.24) is 9.97 Å². The van der Waals surface area contributed by atoms with Crippen molar-refractivity contribution in [2.75, 3.05) is 14.7 Å². The zero-order valence-corrected chi connectivity index (χ0v) is 34.0. The summed E-state index contributed by atoms with van der Waals surface area (Å²) in [5.74, 6) is 1.74. The highest BCUT2D eigenvalue weighted by atomic mass is 32.2. The first-order valence-electron chi connectivity index (χ1n) is 20.0. The van der Waals surface area contributed by atoms with Gasteiger partial charge < -0.3 is 4.90 Å². The molecule has 0 saturated heterocycles. The van der Waals surface area contributed by atoms with E-state index in [9.17, 15) is 0 Å². The van der Waals surface area contributed by atoms with Crippen LogP contribution in [0.5, 0.6) is 0 Å². The van der Waals surface area contributed by atoms with Crippen LogP contribution in [-0.2, 0) is 0 Å². The van der Waals surface area contributed by atoms with Gasteiger partial charge in [-0.25, -0.2) is 9.97 Å². The van der Waals surface area contributed by atoms with Crippen molar-refractivity contribution in [1.29, 1.82) is 0 Å². The van der Waals surface area contributed by atoms with Gasteiger partial charge in [0.25, 0.3) is 6.71 Å². The van der Waals surface area contributed by atoms with Crippen LogP contribution in [0.15, 0.2) is 238 Å². The second kappa shape index (κ2) is 15.6. The van der Waals surface area contributed by atoms with Crippen molar-refractivity contribution in [3.8, 4) is 0 Å². The maximum Gasteiger partial charge on any atom is 0.251 e. The second-order valence-corrected chi connectivity index (χ2v) is 16.8. The molecule has 0 fully saturated rings. The van der Waals surface area contributed by atoms with Gasteiger partial charge in [-0.1, -0.05) is 139 Å². The van der Waals surface area contributed by atoms with E-state index in [1.807, 2.05) is 11.8 Å². The lowest BCUT2D eigenvalue weighted by atomic mass is 9.37. The van der Waals surface area contributed by atoms with Crippen LogP contribution in [0.25, 0.3) is 0 Å². The van der Waals surface area contributed by atoms with Crippen LogP contribution in [0.2, 0.25) is 0 Å². The summed E-state index contributed by atoms with van der Waals surface area (Å²) >= 11 is 3.60. The largest absolute Gasteiger partial charge is 0.310 e. The molecule has 11 rings (SSSR count). The van der Waals surface area contributed by atoms with E-state index in [-0.39, 0.29) is 6.71 Å². The van der Waals surface area contributed by atoms with Crippen LogP contribution in [0.1, 0.15) is 0 Å². The van der Waals surface area contributed by atoms with E-state index in [2.05, 4.69) is 233 Å². The number of aromatic nitrogens is 2. The lowest BCUT2D eigenvalue weighted by Crippen LogP contribution is -2.58. The Balaban J connectivity index is 1.11. The Kier molecular flexibility index (Phi) is 9.41. The molecule has 284 valence electrons. The molecule has 0 amide bonds. The fourth-order valence-corrected chi connectivity index (χ4v) is 10.8. The zero-order valence-electron chi connectivity index (χ0n) is 32.4. The Morgan fingerprint density at radius 3 is 1.23 bits per heavy atom. The molecular formula is C52H36BN5S2. The highest BCUT2D eigenvalue weighted by Gasteiger charge is 2.40. The molecule has 60 heavy (non-hydrogen) atoms. The van der Waals surface area contributed by atoms with Crippen molar-refractivity contribution in [3.05, 3.63) is 219 Å². The van der Waals surface area contributed by atoms with Gasteiger partial charge in [-0.2, -0.15) is 0 Å². The van der Waals surface area contributed by atoms with E-state index in [1.165, 1.54) is 31.1 Å². The van der Waals surface area contributed by atoms with Gasteiger partial charge in [0.05, 0.1) is 5.03 Å². The predicted molar refractivity (Wildman–Crippen MR) is 252 cm³/mol. The van der Waals surface area contributed by atoms with Gasteiger partial charge >= 0.3 is 0 Å². The first kappa shape index (κ1) is 36.1. The predicted octanol–water partition coefficient (Wildman–Crippen LogP) is 12.3. The molecular weight excluding hydrogens is 770 g/mol. The summed E-state index contributed by atoms with van der Waals surface area (Å²) in [7, 11) is 0. The molecule has 0 saturated carbocycles. The van der Waals surface area contributed by atoms with E-state index < -0.39 is 0 Å². The van der Waals surface area contributed by atoms with Crippen molar-refractivity contribution >= 4 is 98.1 Å². The Morgan fingerprint density at radius 1 is 0.350 bits per heavy atom. The van der Waals surface area contributed by atoms with E-state index in [0.717, 1.165) is 56.5 Å². The van der Waals surface area contributed by atoms with Crippen LogP contribution in [-0.4, -0.2) is 16.7 Å². The number of benzene rings is 7. The van der Waals surface area contributed by atoms with Crippen LogP contribution >= 0.6 is 23.5 Å². The average Bonchev–Trinajstić information content (AvgIpc) is 3.31. The average molecular weight is 806 g/mol. The minimum atomic E-state index is -0.0506. The molecule has 4 heterocycles. The molecule has 8 heteroatoms. The molecule has 0 bridgehead atoms. The van der Waals surface area contributed by atoms with Crippen LogP contribution in [0.3, 0.4) is 0 Å². The summed E-state index contributed by atoms with van der Waals surface area (Å²) in [4.78, 5) is 21.3. The quantitative estimate of drug-likeness (QED) is 0.134. The molecule has 2 aliphatic rings. The Hall–Kier alpha value is -7.00. The molecule has 7 aromatic carbocycles. The third-order valence-corrected chi connectivity index (χ3v) is 13.2. The monoisotopic (exact) mass is 805 g/mol. The molecule has 2 aromatic heterocycles. The lowest BCUT2D eigenvalue weighted by Gasteiger charge is -2.35. The molecule has 0 radical (unpaired) electrons. The molecule has 0 atom stereocenters. The fourth-order valence-electron chi connectivity index (χ4n) is 8.34. The van der Waals surface area contributed by atoms with Crippen molar-refractivity contribution in [3.63, 3.8) is 0 Å². The Labute approximate surface area is 359 Å².